The van der Waals surface area contributed by atoms with Gasteiger partial charge in [0.25, 0.3) is 0 Å². The second-order valence-electron chi connectivity index (χ2n) is 5.21. The third-order valence-electron chi connectivity index (χ3n) is 3.49. The second kappa shape index (κ2) is 6.20. The van der Waals surface area contributed by atoms with E-state index in [-0.39, 0.29) is 5.91 Å². The molecule has 0 fully saturated rings. The van der Waals surface area contributed by atoms with E-state index in [1.165, 1.54) is 0 Å². The molecule has 0 bridgehead atoms. The average Bonchev–Trinajstić information content (AvgIpc) is 2.90. The molecule has 1 amide bonds. The van der Waals surface area contributed by atoms with Crippen molar-refractivity contribution in [2.24, 2.45) is 0 Å². The molecule has 22 heavy (non-hydrogen) atoms. The number of rotatable bonds is 4. The summed E-state index contributed by atoms with van der Waals surface area (Å²) in [6.07, 6.45) is 2.09. The molecule has 4 nitrogen and oxygen atoms in total. The van der Waals surface area contributed by atoms with Crippen LogP contribution in [0, 0.1) is 6.92 Å². The zero-order valence-electron chi connectivity index (χ0n) is 12.2. The van der Waals surface area contributed by atoms with Crippen LogP contribution in [-0.2, 0) is 11.3 Å². The van der Waals surface area contributed by atoms with Gasteiger partial charge in [0.05, 0.1) is 23.3 Å². The first-order chi connectivity index (χ1) is 10.6. The molecule has 0 radical (unpaired) electrons. The summed E-state index contributed by atoms with van der Waals surface area (Å²) in [5.41, 5.74) is 2.87. The third-order valence-corrected chi connectivity index (χ3v) is 3.82. The largest absolute Gasteiger partial charge is 0.326 e. The van der Waals surface area contributed by atoms with Crippen molar-refractivity contribution in [2.75, 3.05) is 5.32 Å². The summed E-state index contributed by atoms with van der Waals surface area (Å²) in [6.45, 7) is 2.51. The van der Waals surface area contributed by atoms with Crippen LogP contribution < -0.4 is 5.32 Å². The molecule has 0 unspecified atom stereocenters. The monoisotopic (exact) mass is 313 g/mol. The number of nitrogens with zero attached hydrogens (tertiary/aromatic N) is 2. The Hall–Kier alpha value is -2.33. The molecule has 112 valence electrons. The first-order valence-electron chi connectivity index (χ1n) is 7.10. The van der Waals surface area contributed by atoms with Crippen LogP contribution >= 0.6 is 11.6 Å². The highest BCUT2D eigenvalue weighted by Gasteiger charge is 2.08. The number of carbonyl (C=O) groups excluding carboxylic acids is 1. The molecule has 1 N–H and O–H groups in total. The second-order valence-corrected chi connectivity index (χ2v) is 5.62. The minimum atomic E-state index is -0.0312. The van der Waals surface area contributed by atoms with Crippen molar-refractivity contribution in [1.29, 1.82) is 0 Å². The van der Waals surface area contributed by atoms with E-state index in [1.807, 2.05) is 49.4 Å². The number of aryl methyl sites for hydroxylation is 2. The van der Waals surface area contributed by atoms with Gasteiger partial charge in [0.1, 0.15) is 0 Å². The molecule has 0 saturated heterocycles. The van der Waals surface area contributed by atoms with Gasteiger partial charge in [-0.1, -0.05) is 29.8 Å². The van der Waals surface area contributed by atoms with E-state index in [9.17, 15) is 4.79 Å². The number of amides is 1. The Kier molecular flexibility index (Phi) is 4.11. The fraction of sp³-hybridized carbons (Fsp3) is 0.176. The molecule has 1 aromatic heterocycles. The third kappa shape index (κ3) is 3.12. The van der Waals surface area contributed by atoms with E-state index in [1.54, 1.807) is 10.9 Å². The standard InChI is InChI=1S/C17H16ClN3O/c1-12-4-2-5-13(10-12)20-17(22)8-9-21-16-7-3-6-15(18)14(16)11-19-21/h2-7,10-11H,8-9H2,1H3,(H,20,22). The van der Waals surface area contributed by atoms with Crippen LogP contribution in [0.3, 0.4) is 0 Å². The Balaban J connectivity index is 1.66. The highest BCUT2D eigenvalue weighted by molar-refractivity contribution is 6.35. The van der Waals surface area contributed by atoms with E-state index in [0.29, 0.717) is 18.0 Å². The van der Waals surface area contributed by atoms with Crippen LogP contribution in [0.1, 0.15) is 12.0 Å². The van der Waals surface area contributed by atoms with Crippen LogP contribution in [0.15, 0.2) is 48.7 Å². The summed E-state index contributed by atoms with van der Waals surface area (Å²) in [6, 6.07) is 13.4. The van der Waals surface area contributed by atoms with Crippen molar-refractivity contribution in [3.63, 3.8) is 0 Å². The SMILES string of the molecule is Cc1cccc(NC(=O)CCn2ncc3c(Cl)cccc32)c1. The predicted octanol–water partition coefficient (Wildman–Crippen LogP) is 4.03. The molecule has 3 aromatic rings. The van der Waals surface area contributed by atoms with Gasteiger partial charge in [0, 0.05) is 17.5 Å². The number of carbonyl (C=O) groups is 1. The lowest BCUT2D eigenvalue weighted by atomic mass is 10.2. The van der Waals surface area contributed by atoms with Crippen LogP contribution in [0.4, 0.5) is 5.69 Å². The van der Waals surface area contributed by atoms with E-state index in [2.05, 4.69) is 10.4 Å². The number of benzene rings is 2. The molecule has 0 aliphatic heterocycles. The molecule has 0 aliphatic carbocycles. The van der Waals surface area contributed by atoms with E-state index in [0.717, 1.165) is 22.2 Å². The van der Waals surface area contributed by atoms with Gasteiger partial charge in [0.15, 0.2) is 0 Å². The molecular formula is C17H16ClN3O. The van der Waals surface area contributed by atoms with Gasteiger partial charge in [0.2, 0.25) is 5.91 Å². The van der Waals surface area contributed by atoms with Crippen LogP contribution in [0.2, 0.25) is 5.02 Å². The molecule has 0 spiro atoms. The van der Waals surface area contributed by atoms with Gasteiger partial charge in [-0.05, 0) is 36.8 Å². The van der Waals surface area contributed by atoms with E-state index < -0.39 is 0 Å². The fourth-order valence-corrected chi connectivity index (χ4v) is 2.62. The first-order valence-corrected chi connectivity index (χ1v) is 7.48. The van der Waals surface area contributed by atoms with Gasteiger partial charge in [-0.15, -0.1) is 0 Å². The minimum absolute atomic E-state index is 0.0312. The summed E-state index contributed by atoms with van der Waals surface area (Å²) in [5.74, 6) is -0.0312. The fourth-order valence-electron chi connectivity index (χ4n) is 2.40. The Labute approximate surface area is 133 Å². The van der Waals surface area contributed by atoms with Crippen molar-refractivity contribution < 1.29 is 4.79 Å². The van der Waals surface area contributed by atoms with Gasteiger partial charge >= 0.3 is 0 Å². The lowest BCUT2D eigenvalue weighted by Crippen LogP contribution is -2.15. The van der Waals surface area contributed by atoms with Crippen LogP contribution in [0.5, 0.6) is 0 Å². The molecule has 3 rings (SSSR count). The summed E-state index contributed by atoms with van der Waals surface area (Å²) in [5, 5.41) is 8.78. The molecule has 2 aromatic carbocycles. The zero-order valence-corrected chi connectivity index (χ0v) is 13.0. The van der Waals surface area contributed by atoms with Crippen molar-refractivity contribution in [3.8, 4) is 0 Å². The smallest absolute Gasteiger partial charge is 0.226 e. The van der Waals surface area contributed by atoms with Gasteiger partial charge in [-0.25, -0.2) is 0 Å². The van der Waals surface area contributed by atoms with Crippen LogP contribution in [0.25, 0.3) is 10.9 Å². The number of hydrogen-bond donors (Lipinski definition) is 1. The summed E-state index contributed by atoms with van der Waals surface area (Å²) < 4.78 is 1.80. The molecule has 5 heteroatoms. The maximum absolute atomic E-state index is 12.0. The number of nitrogens with one attached hydrogen (secondary N) is 1. The van der Waals surface area contributed by atoms with Gasteiger partial charge in [-0.2, -0.15) is 5.10 Å². The van der Waals surface area contributed by atoms with Crippen molar-refractivity contribution in [3.05, 3.63) is 59.2 Å². The Morgan fingerprint density at radius 2 is 2.09 bits per heavy atom. The first kappa shape index (κ1) is 14.6. The predicted molar refractivity (Wildman–Crippen MR) is 89.2 cm³/mol. The lowest BCUT2D eigenvalue weighted by molar-refractivity contribution is -0.116. The Bertz CT molecular complexity index is 826. The topological polar surface area (TPSA) is 46.9 Å². The number of aromatic nitrogens is 2. The normalized spacial score (nSPS) is 10.8. The van der Waals surface area contributed by atoms with Gasteiger partial charge < -0.3 is 5.32 Å². The minimum Gasteiger partial charge on any atom is -0.326 e. The molecule has 0 aliphatic rings. The number of fused-ring (bicyclic) bond motifs is 1. The zero-order chi connectivity index (χ0) is 15.5. The quantitative estimate of drug-likeness (QED) is 0.790. The van der Waals surface area contributed by atoms with E-state index in [4.69, 9.17) is 11.6 Å². The number of anilines is 1. The van der Waals surface area contributed by atoms with Gasteiger partial charge in [-0.3, -0.25) is 9.48 Å². The molecule has 0 atom stereocenters. The highest BCUT2D eigenvalue weighted by atomic mass is 35.5. The molecule has 0 saturated carbocycles. The maximum atomic E-state index is 12.0. The summed E-state index contributed by atoms with van der Waals surface area (Å²) in [4.78, 5) is 12.0. The highest BCUT2D eigenvalue weighted by Crippen LogP contribution is 2.22. The van der Waals surface area contributed by atoms with Crippen molar-refractivity contribution in [1.82, 2.24) is 9.78 Å². The maximum Gasteiger partial charge on any atom is 0.226 e. The Morgan fingerprint density at radius 3 is 2.91 bits per heavy atom. The van der Waals surface area contributed by atoms with E-state index >= 15 is 0 Å². The van der Waals surface area contributed by atoms with Crippen molar-refractivity contribution >= 4 is 34.1 Å². The number of hydrogen-bond acceptors (Lipinski definition) is 2. The average molecular weight is 314 g/mol. The molecular weight excluding hydrogens is 298 g/mol. The summed E-state index contributed by atoms with van der Waals surface area (Å²) >= 11 is 6.12. The summed E-state index contributed by atoms with van der Waals surface area (Å²) in [7, 11) is 0. The molecule has 1 heterocycles. The van der Waals surface area contributed by atoms with Crippen molar-refractivity contribution in [2.45, 2.75) is 19.9 Å². The Morgan fingerprint density at radius 1 is 1.27 bits per heavy atom. The number of halogens is 1. The van der Waals surface area contributed by atoms with Crippen LogP contribution in [-0.4, -0.2) is 15.7 Å². The lowest BCUT2D eigenvalue weighted by Gasteiger charge is -2.07.